The van der Waals surface area contributed by atoms with E-state index in [1.165, 1.54) is 25.7 Å². The Morgan fingerprint density at radius 1 is 1.05 bits per heavy atom. The summed E-state index contributed by atoms with van der Waals surface area (Å²) in [5, 5.41) is 3.15. The molecule has 0 aliphatic heterocycles. The zero-order chi connectivity index (χ0) is 15.5. The van der Waals surface area contributed by atoms with Gasteiger partial charge in [0.1, 0.15) is 0 Å². The normalized spacial score (nSPS) is 11.9. The second-order valence-corrected chi connectivity index (χ2v) is 5.65. The van der Waals surface area contributed by atoms with Crippen LogP contribution in [0.25, 0.3) is 5.57 Å². The molecule has 0 saturated heterocycles. The van der Waals surface area contributed by atoms with E-state index in [-0.39, 0.29) is 11.9 Å². The van der Waals surface area contributed by atoms with Crippen molar-refractivity contribution in [1.82, 2.24) is 5.32 Å². The van der Waals surface area contributed by atoms with E-state index in [2.05, 4.69) is 25.7 Å². The first kappa shape index (κ1) is 17.5. The minimum atomic E-state index is -0.0323. The molecule has 0 aromatic heterocycles. The van der Waals surface area contributed by atoms with E-state index in [9.17, 15) is 4.79 Å². The SMILES string of the molecule is C=C(C(=O)NC(CCC)CCCCCC)c1ccccc1. The van der Waals surface area contributed by atoms with Crippen molar-refractivity contribution in [2.75, 3.05) is 0 Å². The summed E-state index contributed by atoms with van der Waals surface area (Å²) in [6, 6.07) is 9.95. The molecule has 2 nitrogen and oxygen atoms in total. The predicted molar refractivity (Wildman–Crippen MR) is 91.1 cm³/mol. The Balaban J connectivity index is 2.49. The smallest absolute Gasteiger partial charge is 0.251 e. The van der Waals surface area contributed by atoms with E-state index >= 15 is 0 Å². The largest absolute Gasteiger partial charge is 0.349 e. The first-order valence-electron chi connectivity index (χ1n) is 8.24. The van der Waals surface area contributed by atoms with Gasteiger partial charge in [-0.05, 0) is 18.4 Å². The summed E-state index contributed by atoms with van der Waals surface area (Å²) in [4.78, 5) is 12.3. The van der Waals surface area contributed by atoms with Crippen molar-refractivity contribution in [3.63, 3.8) is 0 Å². The highest BCUT2D eigenvalue weighted by molar-refractivity contribution is 6.18. The molecule has 1 amide bonds. The summed E-state index contributed by atoms with van der Waals surface area (Å²) >= 11 is 0. The van der Waals surface area contributed by atoms with Gasteiger partial charge in [-0.1, -0.05) is 82.9 Å². The first-order valence-corrected chi connectivity index (χ1v) is 8.24. The molecule has 1 aromatic rings. The molecular formula is C19H29NO. The predicted octanol–water partition coefficient (Wildman–Crippen LogP) is 4.96. The molecule has 1 unspecified atom stereocenters. The van der Waals surface area contributed by atoms with Crippen molar-refractivity contribution in [3.8, 4) is 0 Å². The van der Waals surface area contributed by atoms with E-state index in [1.54, 1.807) is 0 Å². The molecule has 0 aliphatic rings. The van der Waals surface area contributed by atoms with Crippen LogP contribution in [0.2, 0.25) is 0 Å². The summed E-state index contributed by atoms with van der Waals surface area (Å²) in [7, 11) is 0. The number of unbranched alkanes of at least 4 members (excludes halogenated alkanes) is 3. The Morgan fingerprint density at radius 3 is 2.38 bits per heavy atom. The fraction of sp³-hybridized carbons (Fsp3) is 0.526. The van der Waals surface area contributed by atoms with Crippen molar-refractivity contribution >= 4 is 11.5 Å². The van der Waals surface area contributed by atoms with E-state index in [1.807, 2.05) is 30.3 Å². The minimum absolute atomic E-state index is 0.0323. The van der Waals surface area contributed by atoms with Gasteiger partial charge in [-0.25, -0.2) is 0 Å². The Morgan fingerprint density at radius 2 is 1.76 bits per heavy atom. The number of benzene rings is 1. The summed E-state index contributed by atoms with van der Waals surface area (Å²) in [6.45, 7) is 8.32. The lowest BCUT2D eigenvalue weighted by atomic mass is 10.0. The van der Waals surface area contributed by atoms with E-state index < -0.39 is 0 Å². The monoisotopic (exact) mass is 287 g/mol. The molecule has 0 fully saturated rings. The van der Waals surface area contributed by atoms with Gasteiger partial charge in [-0.15, -0.1) is 0 Å². The molecule has 0 radical (unpaired) electrons. The van der Waals surface area contributed by atoms with E-state index in [0.717, 1.165) is 24.8 Å². The van der Waals surface area contributed by atoms with Gasteiger partial charge in [0, 0.05) is 11.6 Å². The average Bonchev–Trinajstić information content (AvgIpc) is 2.51. The molecule has 0 aliphatic carbocycles. The van der Waals surface area contributed by atoms with Crippen molar-refractivity contribution < 1.29 is 4.79 Å². The van der Waals surface area contributed by atoms with Crippen molar-refractivity contribution in [3.05, 3.63) is 42.5 Å². The van der Waals surface area contributed by atoms with Crippen LogP contribution in [-0.4, -0.2) is 11.9 Å². The van der Waals surface area contributed by atoms with Crippen molar-refractivity contribution in [2.45, 2.75) is 64.8 Å². The fourth-order valence-corrected chi connectivity index (χ4v) is 2.50. The van der Waals surface area contributed by atoms with Crippen LogP contribution in [0.15, 0.2) is 36.9 Å². The first-order chi connectivity index (χ1) is 10.2. The third-order valence-corrected chi connectivity index (χ3v) is 3.77. The van der Waals surface area contributed by atoms with Crippen LogP contribution in [0.1, 0.15) is 64.4 Å². The maximum atomic E-state index is 12.3. The highest BCUT2D eigenvalue weighted by Gasteiger charge is 2.14. The molecule has 116 valence electrons. The molecule has 0 heterocycles. The third-order valence-electron chi connectivity index (χ3n) is 3.77. The Labute approximate surface area is 129 Å². The number of rotatable bonds is 10. The van der Waals surface area contributed by atoms with Crippen LogP contribution in [0, 0.1) is 0 Å². The highest BCUT2D eigenvalue weighted by atomic mass is 16.1. The molecule has 1 atom stereocenters. The van der Waals surface area contributed by atoms with E-state index in [4.69, 9.17) is 0 Å². The maximum absolute atomic E-state index is 12.3. The lowest BCUT2D eigenvalue weighted by molar-refractivity contribution is -0.116. The zero-order valence-corrected chi connectivity index (χ0v) is 13.5. The Kier molecular flexibility index (Phi) is 8.49. The number of carbonyl (C=O) groups is 1. The van der Waals surface area contributed by atoms with Gasteiger partial charge in [-0.2, -0.15) is 0 Å². The second kappa shape index (κ2) is 10.2. The summed E-state index contributed by atoms with van der Waals surface area (Å²) < 4.78 is 0. The van der Waals surface area contributed by atoms with Crippen LogP contribution in [-0.2, 0) is 4.79 Å². The molecule has 1 aromatic carbocycles. The zero-order valence-electron chi connectivity index (χ0n) is 13.5. The Hall–Kier alpha value is -1.57. The maximum Gasteiger partial charge on any atom is 0.251 e. The Bertz CT molecular complexity index is 424. The van der Waals surface area contributed by atoms with Gasteiger partial charge in [0.05, 0.1) is 0 Å². The molecule has 0 bridgehead atoms. The summed E-state index contributed by atoms with van der Waals surface area (Å²) in [5.74, 6) is -0.0323. The molecule has 2 heteroatoms. The molecule has 21 heavy (non-hydrogen) atoms. The molecule has 1 N–H and O–H groups in total. The second-order valence-electron chi connectivity index (χ2n) is 5.65. The standard InChI is InChI=1S/C19H29NO/c1-4-6-7-11-15-18(12-5-2)20-19(21)16(3)17-13-9-8-10-14-17/h8-10,13-14,18H,3-7,11-12,15H2,1-2H3,(H,20,21). The molecule has 1 rings (SSSR count). The molecule has 0 saturated carbocycles. The molecular weight excluding hydrogens is 258 g/mol. The van der Waals surface area contributed by atoms with Gasteiger partial charge in [-0.3, -0.25) is 4.79 Å². The lowest BCUT2D eigenvalue weighted by Gasteiger charge is -2.19. The quantitative estimate of drug-likeness (QED) is 0.478. The van der Waals surface area contributed by atoms with Gasteiger partial charge in [0.2, 0.25) is 0 Å². The van der Waals surface area contributed by atoms with Crippen molar-refractivity contribution in [1.29, 1.82) is 0 Å². The van der Waals surface area contributed by atoms with Crippen LogP contribution in [0.4, 0.5) is 0 Å². The van der Waals surface area contributed by atoms with Crippen LogP contribution in [0.3, 0.4) is 0 Å². The van der Waals surface area contributed by atoms with E-state index in [0.29, 0.717) is 5.57 Å². The van der Waals surface area contributed by atoms with Crippen LogP contribution in [0.5, 0.6) is 0 Å². The topological polar surface area (TPSA) is 29.1 Å². The van der Waals surface area contributed by atoms with Gasteiger partial charge >= 0.3 is 0 Å². The minimum Gasteiger partial charge on any atom is -0.349 e. The van der Waals surface area contributed by atoms with Crippen molar-refractivity contribution in [2.24, 2.45) is 0 Å². The summed E-state index contributed by atoms with van der Waals surface area (Å²) in [5.41, 5.74) is 1.46. The molecule has 0 spiro atoms. The number of carbonyl (C=O) groups excluding carboxylic acids is 1. The van der Waals surface area contributed by atoms with Gasteiger partial charge < -0.3 is 5.32 Å². The average molecular weight is 287 g/mol. The number of nitrogens with one attached hydrogen (secondary N) is 1. The van der Waals surface area contributed by atoms with Gasteiger partial charge in [0.25, 0.3) is 5.91 Å². The summed E-state index contributed by atoms with van der Waals surface area (Å²) in [6.07, 6.45) is 8.18. The number of hydrogen-bond donors (Lipinski definition) is 1. The lowest BCUT2D eigenvalue weighted by Crippen LogP contribution is -2.35. The fourth-order valence-electron chi connectivity index (χ4n) is 2.50. The van der Waals surface area contributed by atoms with Crippen LogP contribution >= 0.6 is 0 Å². The third kappa shape index (κ3) is 6.61. The van der Waals surface area contributed by atoms with Gasteiger partial charge in [0.15, 0.2) is 0 Å². The van der Waals surface area contributed by atoms with Crippen LogP contribution < -0.4 is 5.32 Å². The number of amides is 1. The number of hydrogen-bond acceptors (Lipinski definition) is 1. The highest BCUT2D eigenvalue weighted by Crippen LogP contribution is 2.14.